The number of fused-ring (bicyclic) bond motifs is 1. The van der Waals surface area contributed by atoms with Gasteiger partial charge in [-0.15, -0.1) is 0 Å². The van der Waals surface area contributed by atoms with Crippen LogP contribution in [0.1, 0.15) is 43.3 Å². The van der Waals surface area contributed by atoms with Crippen molar-refractivity contribution in [1.82, 2.24) is 30.2 Å². The number of imidazole rings is 1. The highest BCUT2D eigenvalue weighted by atomic mass is 32.2. The van der Waals surface area contributed by atoms with Crippen LogP contribution in [0.5, 0.6) is 0 Å². The molecule has 0 aliphatic carbocycles. The van der Waals surface area contributed by atoms with E-state index in [1.54, 1.807) is 12.1 Å². The number of ether oxygens (including phenoxy) is 1. The van der Waals surface area contributed by atoms with Gasteiger partial charge in [-0.2, -0.15) is 0 Å². The Morgan fingerprint density at radius 2 is 1.70 bits per heavy atom. The number of nitrogens with two attached hydrogens (primary N) is 2. The molecule has 0 saturated carbocycles. The molecular formula is C30H39N8O18P3S-4. The predicted molar refractivity (Wildman–Crippen MR) is 198 cm³/mol. The number of hydrogen-bond donors (Lipinski definition) is 6. The van der Waals surface area contributed by atoms with Crippen LogP contribution in [0.15, 0.2) is 36.9 Å². The SMILES string of the molecule is CC(C)(COP(=O)([O-])OP(=O)([O-])OC[C@H]1O[C@@H](n2cnc3c(N)ncnc32)[C@H](O)[C@@H]1OP(=O)([O-])[O-])[C@@H](O)C(=O)NCCC(=O)NCCSC(=O)CC(=O)c1ccccc1N. The van der Waals surface area contributed by atoms with E-state index in [1.165, 1.54) is 26.0 Å². The van der Waals surface area contributed by atoms with Crippen molar-refractivity contribution in [2.75, 3.05) is 43.5 Å². The standard InChI is InChI=1S/C30H43N8O18P3S/c1-30(2,25(43)28(44)34-8-7-20(40)33-9-10-60-21(41)11-18(39)16-5-3-4-6-17(16)31)13-53-59(50,51)56-58(48,49)52-12-19-24(55-57(45,46)47)23(42)29(54-19)38-15-37-22-26(32)35-14-36-27(22)38/h3-6,14-15,19,23-25,29,42-43H,7-13,31H2,1-2H3,(H,33,40)(H,34,44)(H,48,49)(H,50,51)(H2,32,35,36)(H2,45,46,47)/p-4/t19-,23-,24-,25+,29-/m1/s1. The zero-order valence-electron chi connectivity index (χ0n) is 31.4. The van der Waals surface area contributed by atoms with E-state index in [4.69, 9.17) is 16.2 Å². The highest BCUT2D eigenvalue weighted by molar-refractivity contribution is 8.13. The highest BCUT2D eigenvalue weighted by Crippen LogP contribution is 2.56. The molecule has 4 rings (SSSR count). The number of carbonyl (C=O) groups is 4. The molecule has 1 aromatic carbocycles. The molecule has 1 fully saturated rings. The quantitative estimate of drug-likeness (QED) is 0.0192. The number of ketones is 1. The largest absolute Gasteiger partial charge is 0.790 e. The number of amides is 2. The smallest absolute Gasteiger partial charge is 0.274 e. The van der Waals surface area contributed by atoms with Crippen molar-refractivity contribution in [3.63, 3.8) is 0 Å². The number of aliphatic hydroxyl groups excluding tert-OH is 2. The minimum Gasteiger partial charge on any atom is -0.790 e. The molecule has 7 atom stereocenters. The lowest BCUT2D eigenvalue weighted by atomic mass is 9.87. The summed E-state index contributed by atoms with van der Waals surface area (Å²) in [6.45, 7) is -0.203. The molecule has 3 heterocycles. The molecular weight excluding hydrogens is 885 g/mol. The molecule has 2 aromatic heterocycles. The Morgan fingerprint density at radius 3 is 2.38 bits per heavy atom. The lowest BCUT2D eigenvalue weighted by Crippen LogP contribution is -2.46. The molecule has 2 amide bonds. The van der Waals surface area contributed by atoms with E-state index in [0.29, 0.717) is 0 Å². The number of para-hydroxylation sites is 1. The van der Waals surface area contributed by atoms with Gasteiger partial charge in [-0.1, -0.05) is 37.7 Å². The van der Waals surface area contributed by atoms with Crippen molar-refractivity contribution in [2.24, 2.45) is 5.41 Å². The van der Waals surface area contributed by atoms with Crippen LogP contribution in [0.3, 0.4) is 0 Å². The first kappa shape index (κ1) is 48.9. The summed E-state index contributed by atoms with van der Waals surface area (Å²) < 4.78 is 60.5. The Labute approximate surface area is 344 Å². The second-order valence-corrected chi connectivity index (χ2v) is 18.6. The normalized spacial score (nSPS) is 20.9. The number of anilines is 2. The zero-order valence-corrected chi connectivity index (χ0v) is 34.9. The lowest BCUT2D eigenvalue weighted by Gasteiger charge is -2.36. The summed E-state index contributed by atoms with van der Waals surface area (Å²) in [5, 5.41) is 25.7. The Bertz CT molecular complexity index is 2190. The van der Waals surface area contributed by atoms with E-state index < -0.39 is 95.5 Å². The van der Waals surface area contributed by atoms with Gasteiger partial charge in [0.1, 0.15) is 36.3 Å². The van der Waals surface area contributed by atoms with Crippen molar-refractivity contribution in [2.45, 2.75) is 57.3 Å². The van der Waals surface area contributed by atoms with Crippen LogP contribution >= 0.6 is 35.2 Å². The fraction of sp³-hybridized carbons (Fsp3) is 0.500. The fourth-order valence-corrected chi connectivity index (χ4v) is 8.70. The number of phosphoric acid groups is 3. The van der Waals surface area contributed by atoms with Gasteiger partial charge in [0.2, 0.25) is 11.8 Å². The monoisotopic (exact) mass is 924 g/mol. The van der Waals surface area contributed by atoms with Crippen molar-refractivity contribution in [3.05, 3.63) is 42.5 Å². The molecule has 8 N–H and O–H groups in total. The Balaban J connectivity index is 1.20. The van der Waals surface area contributed by atoms with Gasteiger partial charge in [-0.25, -0.2) is 19.3 Å². The molecule has 0 bridgehead atoms. The molecule has 26 nitrogen and oxygen atoms in total. The molecule has 332 valence electrons. The summed E-state index contributed by atoms with van der Waals surface area (Å²) in [5.41, 5.74) is 10.2. The van der Waals surface area contributed by atoms with Gasteiger partial charge < -0.3 is 74.8 Å². The second-order valence-electron chi connectivity index (χ2n) is 13.4. The second kappa shape index (κ2) is 20.4. The van der Waals surface area contributed by atoms with Gasteiger partial charge in [-0.05, 0) is 12.1 Å². The molecule has 1 aliphatic heterocycles. The minimum absolute atomic E-state index is 0.0318. The number of nitrogens with one attached hydrogen (secondary N) is 2. The number of benzene rings is 1. The molecule has 0 spiro atoms. The lowest BCUT2D eigenvalue weighted by molar-refractivity contribution is -0.347. The van der Waals surface area contributed by atoms with Gasteiger partial charge in [0.25, 0.3) is 15.6 Å². The van der Waals surface area contributed by atoms with E-state index >= 15 is 0 Å². The van der Waals surface area contributed by atoms with Gasteiger partial charge >= 0.3 is 0 Å². The van der Waals surface area contributed by atoms with Gasteiger partial charge in [0.15, 0.2) is 28.6 Å². The van der Waals surface area contributed by atoms with E-state index in [9.17, 15) is 62.7 Å². The van der Waals surface area contributed by atoms with Crippen LogP contribution in [-0.4, -0.2) is 109 Å². The van der Waals surface area contributed by atoms with Crippen LogP contribution in [-0.2, 0) is 50.7 Å². The van der Waals surface area contributed by atoms with Crippen molar-refractivity contribution in [3.8, 4) is 0 Å². The summed E-state index contributed by atoms with van der Waals surface area (Å²) in [4.78, 5) is 109. The third-order valence-corrected chi connectivity index (χ3v) is 12.2. The van der Waals surface area contributed by atoms with Crippen molar-refractivity contribution in [1.29, 1.82) is 0 Å². The molecule has 1 aliphatic rings. The number of hydrogen-bond acceptors (Lipinski definition) is 24. The molecule has 2 unspecified atom stereocenters. The maximum atomic E-state index is 12.6. The number of nitrogens with zero attached hydrogens (tertiary/aromatic N) is 4. The van der Waals surface area contributed by atoms with Crippen molar-refractivity contribution < 1.29 is 85.3 Å². The van der Waals surface area contributed by atoms with Crippen LogP contribution in [0.2, 0.25) is 0 Å². The van der Waals surface area contributed by atoms with Gasteiger partial charge in [-0.3, -0.25) is 32.9 Å². The topological polar surface area (TPSA) is 418 Å². The summed E-state index contributed by atoms with van der Waals surface area (Å²) in [7, 11) is -17.7. The zero-order chi connectivity index (χ0) is 44.6. The first-order valence-corrected chi connectivity index (χ1v) is 22.6. The van der Waals surface area contributed by atoms with Crippen LogP contribution in [0, 0.1) is 5.41 Å². The first-order chi connectivity index (χ1) is 27.9. The van der Waals surface area contributed by atoms with Crippen LogP contribution in [0.4, 0.5) is 11.5 Å². The van der Waals surface area contributed by atoms with E-state index in [0.717, 1.165) is 29.0 Å². The van der Waals surface area contributed by atoms with Gasteiger partial charge in [0.05, 0.1) is 33.8 Å². The minimum atomic E-state index is -5.94. The summed E-state index contributed by atoms with van der Waals surface area (Å²) in [6.07, 6.45) is -8.16. The maximum absolute atomic E-state index is 12.6. The Kier molecular flexibility index (Phi) is 16.6. The number of aliphatic hydroxyl groups is 2. The summed E-state index contributed by atoms with van der Waals surface area (Å²) in [5.74, 6) is -1.99. The fourth-order valence-electron chi connectivity index (χ4n) is 5.30. The molecule has 0 radical (unpaired) electrons. The number of Topliss-reactive ketones (excluding diaryl/α,β-unsaturated/α-hetero) is 1. The number of aromatic nitrogens is 4. The molecule has 60 heavy (non-hydrogen) atoms. The number of thioether (sulfide) groups is 1. The molecule has 30 heteroatoms. The Hall–Kier alpha value is -3.75. The first-order valence-electron chi connectivity index (χ1n) is 17.2. The maximum Gasteiger partial charge on any atom is 0.274 e. The molecule has 3 aromatic rings. The number of nitrogen functional groups attached to an aromatic ring is 2. The number of phosphoric ester groups is 3. The summed E-state index contributed by atoms with van der Waals surface area (Å²) in [6, 6.07) is 6.30. The number of rotatable bonds is 22. The van der Waals surface area contributed by atoms with Crippen LogP contribution in [0.25, 0.3) is 11.2 Å². The average molecular weight is 925 g/mol. The van der Waals surface area contributed by atoms with E-state index in [-0.39, 0.29) is 59.9 Å². The third kappa shape index (κ3) is 13.9. The van der Waals surface area contributed by atoms with Crippen molar-refractivity contribution >= 4 is 80.6 Å². The predicted octanol–water partition coefficient (Wildman–Crippen LogP) is -3.01. The Morgan fingerprint density at radius 1 is 1.02 bits per heavy atom. The third-order valence-electron chi connectivity index (χ3n) is 8.31. The van der Waals surface area contributed by atoms with Crippen LogP contribution < -0.4 is 41.7 Å². The highest BCUT2D eigenvalue weighted by Gasteiger charge is 2.47. The number of carbonyl (C=O) groups excluding carboxylic acids is 4. The van der Waals surface area contributed by atoms with Gasteiger partial charge in [0, 0.05) is 41.9 Å². The molecule has 1 saturated heterocycles. The van der Waals surface area contributed by atoms with E-state index in [2.05, 4.69) is 43.5 Å². The average Bonchev–Trinajstić information content (AvgIpc) is 3.71. The summed E-state index contributed by atoms with van der Waals surface area (Å²) >= 11 is 0.826. The van der Waals surface area contributed by atoms with E-state index in [1.807, 2.05) is 0 Å².